The molecular formula is C20H18FN5O4. The highest BCUT2D eigenvalue weighted by atomic mass is 19.1. The van der Waals surface area contributed by atoms with Crippen molar-refractivity contribution in [1.82, 2.24) is 24.1 Å². The Kier molecular flexibility index (Phi) is 3.66. The minimum absolute atomic E-state index is 0.108. The molecule has 0 amide bonds. The largest absolute Gasteiger partial charge is 0.380 e. The highest BCUT2D eigenvalue weighted by Crippen LogP contribution is 2.44. The van der Waals surface area contributed by atoms with Gasteiger partial charge in [0, 0.05) is 6.61 Å². The summed E-state index contributed by atoms with van der Waals surface area (Å²) in [5.41, 5.74) is 0.201. The summed E-state index contributed by atoms with van der Waals surface area (Å²) in [6.45, 7) is 0.970. The Labute approximate surface area is 168 Å². The summed E-state index contributed by atoms with van der Waals surface area (Å²) in [6.07, 6.45) is 4.27. The van der Waals surface area contributed by atoms with E-state index in [9.17, 15) is 14.3 Å². The first-order valence-corrected chi connectivity index (χ1v) is 9.91. The van der Waals surface area contributed by atoms with Gasteiger partial charge in [-0.05, 0) is 43.9 Å². The van der Waals surface area contributed by atoms with Gasteiger partial charge in [-0.3, -0.25) is 9.20 Å². The number of aliphatic hydroxyl groups is 1. The number of imidazole rings is 1. The Hall–Kier alpha value is -3.11. The molecule has 0 spiro atoms. The molecule has 9 nitrogen and oxygen atoms in total. The number of hydrogen-bond acceptors (Lipinski definition) is 7. The third-order valence-corrected chi connectivity index (χ3v) is 5.87. The van der Waals surface area contributed by atoms with Crippen molar-refractivity contribution in [3.8, 4) is 11.5 Å². The fraction of sp³-hybridized carbons (Fsp3) is 0.400. The van der Waals surface area contributed by atoms with Crippen molar-refractivity contribution in [2.45, 2.75) is 43.9 Å². The summed E-state index contributed by atoms with van der Waals surface area (Å²) in [5, 5.41) is 14.1. The smallest absolute Gasteiger partial charge is 0.277 e. The summed E-state index contributed by atoms with van der Waals surface area (Å²) in [6, 6.07) is 4.31. The first-order chi connectivity index (χ1) is 14.5. The van der Waals surface area contributed by atoms with Gasteiger partial charge in [-0.1, -0.05) is 5.16 Å². The van der Waals surface area contributed by atoms with E-state index in [4.69, 9.17) is 9.26 Å². The zero-order chi connectivity index (χ0) is 20.5. The second-order valence-corrected chi connectivity index (χ2v) is 7.95. The minimum Gasteiger partial charge on any atom is -0.380 e. The molecule has 1 N–H and O–H groups in total. The van der Waals surface area contributed by atoms with Crippen LogP contribution in [0.15, 0.2) is 33.8 Å². The molecule has 4 heterocycles. The highest BCUT2D eigenvalue weighted by molar-refractivity contribution is 5.83. The number of hydrogen-bond donors (Lipinski definition) is 1. The molecule has 1 atom stereocenters. The second-order valence-electron chi connectivity index (χ2n) is 7.95. The lowest BCUT2D eigenvalue weighted by Crippen LogP contribution is -2.28. The quantitative estimate of drug-likeness (QED) is 0.547. The lowest BCUT2D eigenvalue weighted by atomic mass is 10.2. The van der Waals surface area contributed by atoms with E-state index in [-0.39, 0.29) is 34.6 Å². The molecule has 1 unspecified atom stereocenters. The Morgan fingerprint density at radius 3 is 2.93 bits per heavy atom. The Bertz CT molecular complexity index is 1350. The lowest BCUT2D eigenvalue weighted by molar-refractivity contribution is 0.0973. The third kappa shape index (κ3) is 2.60. The molecule has 1 saturated carbocycles. The summed E-state index contributed by atoms with van der Waals surface area (Å²) >= 11 is 0. The molecule has 1 aromatic carbocycles. The first-order valence-electron chi connectivity index (χ1n) is 9.91. The maximum Gasteiger partial charge on any atom is 0.277 e. The van der Waals surface area contributed by atoms with Crippen LogP contribution in [0.3, 0.4) is 0 Å². The summed E-state index contributed by atoms with van der Waals surface area (Å²) in [5.74, 6) is -0.167. The monoisotopic (exact) mass is 411 g/mol. The number of fused-ring (bicyclic) bond motifs is 3. The fourth-order valence-corrected chi connectivity index (χ4v) is 4.07. The summed E-state index contributed by atoms with van der Waals surface area (Å²) < 4.78 is 28.1. The van der Waals surface area contributed by atoms with Gasteiger partial charge in [0.2, 0.25) is 5.82 Å². The van der Waals surface area contributed by atoms with Crippen LogP contribution in [0.4, 0.5) is 4.39 Å². The number of nitrogens with zero attached hydrogens (tertiary/aromatic N) is 5. The van der Waals surface area contributed by atoms with Crippen molar-refractivity contribution in [2.75, 3.05) is 6.61 Å². The van der Waals surface area contributed by atoms with E-state index in [1.54, 1.807) is 10.5 Å². The zero-order valence-electron chi connectivity index (χ0n) is 15.9. The lowest BCUT2D eigenvalue weighted by Gasteiger charge is -2.16. The fourth-order valence-electron chi connectivity index (χ4n) is 4.07. The summed E-state index contributed by atoms with van der Waals surface area (Å²) in [4.78, 5) is 22.1. The molecule has 10 heteroatoms. The van der Waals surface area contributed by atoms with Gasteiger partial charge in [0.15, 0.2) is 0 Å². The molecule has 1 aliphatic heterocycles. The Morgan fingerprint density at radius 1 is 1.30 bits per heavy atom. The van der Waals surface area contributed by atoms with Gasteiger partial charge in [0.1, 0.15) is 29.0 Å². The van der Waals surface area contributed by atoms with E-state index in [1.807, 2.05) is 0 Å². The number of halogens is 1. The molecule has 0 radical (unpaired) electrons. The van der Waals surface area contributed by atoms with E-state index in [0.717, 1.165) is 12.8 Å². The van der Waals surface area contributed by atoms with Gasteiger partial charge in [-0.15, -0.1) is 0 Å². The number of benzene rings is 1. The molecular weight excluding hydrogens is 393 g/mol. The van der Waals surface area contributed by atoms with Crippen molar-refractivity contribution < 1.29 is 18.8 Å². The van der Waals surface area contributed by atoms with Crippen molar-refractivity contribution >= 4 is 16.6 Å². The number of ether oxygens (including phenoxy) is 1. The Balaban J connectivity index is 1.58. The highest BCUT2D eigenvalue weighted by Gasteiger charge is 2.48. The molecule has 0 bridgehead atoms. The van der Waals surface area contributed by atoms with Crippen LogP contribution in [-0.4, -0.2) is 41.9 Å². The molecule has 1 saturated heterocycles. The van der Waals surface area contributed by atoms with Gasteiger partial charge in [0.25, 0.3) is 11.4 Å². The molecule has 154 valence electrons. The molecule has 4 aromatic rings. The third-order valence-electron chi connectivity index (χ3n) is 5.87. The van der Waals surface area contributed by atoms with Crippen LogP contribution in [-0.2, 0) is 16.9 Å². The van der Waals surface area contributed by atoms with Crippen LogP contribution < -0.4 is 5.56 Å². The first kappa shape index (κ1) is 17.7. The van der Waals surface area contributed by atoms with Gasteiger partial charge in [-0.2, -0.15) is 4.98 Å². The van der Waals surface area contributed by atoms with Gasteiger partial charge < -0.3 is 18.9 Å². The maximum atomic E-state index is 14.0. The van der Waals surface area contributed by atoms with Gasteiger partial charge in [0.05, 0.1) is 23.7 Å². The standard InChI is InChI=1S/C20H18FN5O4/c21-11-3-4-13-14(8-11)25(9-12-2-1-7-29-12)18(27)16-15(22-10-26(13)16)17-23-19(30-24-17)20(28)5-6-20/h3-4,8,10,12,28H,1-2,5-7,9H2. The van der Waals surface area contributed by atoms with Crippen molar-refractivity contribution in [3.63, 3.8) is 0 Å². The van der Waals surface area contributed by atoms with Gasteiger partial charge in [-0.25, -0.2) is 9.37 Å². The zero-order valence-corrected chi connectivity index (χ0v) is 15.9. The molecule has 1 aliphatic carbocycles. The average Bonchev–Trinajstić information content (AvgIpc) is 3.21. The Morgan fingerprint density at radius 2 is 2.17 bits per heavy atom. The number of rotatable bonds is 4. The molecule has 6 rings (SSSR count). The second kappa shape index (κ2) is 6.19. The maximum absolute atomic E-state index is 14.0. The topological polar surface area (TPSA) is 108 Å². The predicted octanol–water partition coefficient (Wildman–Crippen LogP) is 2.00. The van der Waals surface area contributed by atoms with Crippen LogP contribution in [0.2, 0.25) is 0 Å². The van der Waals surface area contributed by atoms with E-state index in [0.29, 0.717) is 37.0 Å². The van der Waals surface area contributed by atoms with Crippen LogP contribution in [0, 0.1) is 5.82 Å². The molecule has 2 aliphatic rings. The average molecular weight is 411 g/mol. The molecule has 30 heavy (non-hydrogen) atoms. The van der Waals surface area contributed by atoms with Gasteiger partial charge >= 0.3 is 0 Å². The molecule has 2 fully saturated rings. The van der Waals surface area contributed by atoms with E-state index in [2.05, 4.69) is 15.1 Å². The van der Waals surface area contributed by atoms with Crippen LogP contribution in [0.1, 0.15) is 31.6 Å². The van der Waals surface area contributed by atoms with Crippen LogP contribution >= 0.6 is 0 Å². The summed E-state index contributed by atoms with van der Waals surface area (Å²) in [7, 11) is 0. The van der Waals surface area contributed by atoms with Crippen LogP contribution in [0.25, 0.3) is 28.1 Å². The van der Waals surface area contributed by atoms with E-state index in [1.165, 1.54) is 23.0 Å². The van der Waals surface area contributed by atoms with Crippen LogP contribution in [0.5, 0.6) is 0 Å². The number of aromatic nitrogens is 5. The van der Waals surface area contributed by atoms with Crippen molar-refractivity contribution in [1.29, 1.82) is 0 Å². The normalized spacial score (nSPS) is 20.4. The van der Waals surface area contributed by atoms with E-state index < -0.39 is 11.4 Å². The predicted molar refractivity (Wildman–Crippen MR) is 102 cm³/mol. The van der Waals surface area contributed by atoms with E-state index >= 15 is 0 Å². The van der Waals surface area contributed by atoms with Crippen molar-refractivity contribution in [2.24, 2.45) is 0 Å². The minimum atomic E-state index is -1.08. The SMILES string of the molecule is O=c1c2c(-c3noc(C4(O)CC4)n3)ncn2c2ccc(F)cc2n1CC1CCCO1. The molecule has 3 aromatic heterocycles. The van der Waals surface area contributed by atoms with Crippen molar-refractivity contribution in [3.05, 3.63) is 46.6 Å².